The number of carboxylic acids is 1. The van der Waals surface area contributed by atoms with E-state index in [0.717, 1.165) is 0 Å². The topological polar surface area (TPSA) is 95.5 Å². The number of anilines is 1. The second kappa shape index (κ2) is 7.52. The van der Waals surface area contributed by atoms with E-state index in [1.54, 1.807) is 12.1 Å². The average molecular weight is 284 g/mol. The van der Waals surface area contributed by atoms with Crippen molar-refractivity contribution in [2.45, 2.75) is 6.92 Å². The predicted octanol–water partition coefficient (Wildman–Crippen LogP) is 1.27. The highest BCUT2D eigenvalue weighted by molar-refractivity contribution is 7.84. The lowest BCUT2D eigenvalue weighted by Gasteiger charge is -2.07. The van der Waals surface area contributed by atoms with Gasteiger partial charge < -0.3 is 15.7 Å². The number of carbonyl (C=O) groups excluding carboxylic acids is 1. The van der Waals surface area contributed by atoms with Gasteiger partial charge in [0.05, 0.1) is 5.56 Å². The Balaban J connectivity index is 2.46. The van der Waals surface area contributed by atoms with E-state index in [1.807, 2.05) is 6.92 Å². The maximum Gasteiger partial charge on any atom is 0.335 e. The Morgan fingerprint density at radius 1 is 1.37 bits per heavy atom. The molecule has 0 aromatic heterocycles. The first-order chi connectivity index (χ1) is 9.02. The summed E-state index contributed by atoms with van der Waals surface area (Å²) in [6, 6.07) is 5.50. The Kier molecular flexibility index (Phi) is 6.01. The normalized spacial score (nSPS) is 11.6. The minimum Gasteiger partial charge on any atom is -0.478 e. The van der Waals surface area contributed by atoms with E-state index in [9.17, 15) is 13.8 Å². The summed E-state index contributed by atoms with van der Waals surface area (Å²) in [5.74, 6) is -0.0920. The van der Waals surface area contributed by atoms with E-state index in [-0.39, 0.29) is 5.56 Å². The standard InChI is InChI=1S/C12H16N2O4S/c1-2-19(18)7-6-13-12(17)14-10-5-3-4-9(8-10)11(15)16/h3-5,8H,2,6-7H2,1H3,(H,15,16)(H2,13,14,17). The summed E-state index contributed by atoms with van der Waals surface area (Å²) in [5.41, 5.74) is 0.499. The van der Waals surface area contributed by atoms with Crippen LogP contribution in [0.5, 0.6) is 0 Å². The molecule has 0 heterocycles. The van der Waals surface area contributed by atoms with Crippen LogP contribution < -0.4 is 10.6 Å². The minimum absolute atomic E-state index is 0.102. The van der Waals surface area contributed by atoms with Crippen LogP contribution in [0.3, 0.4) is 0 Å². The average Bonchev–Trinajstić information content (AvgIpc) is 2.38. The number of hydrogen-bond donors (Lipinski definition) is 3. The number of rotatable bonds is 6. The lowest BCUT2D eigenvalue weighted by Crippen LogP contribution is -2.32. The largest absolute Gasteiger partial charge is 0.478 e. The van der Waals surface area contributed by atoms with E-state index in [1.165, 1.54) is 12.1 Å². The monoisotopic (exact) mass is 284 g/mol. The van der Waals surface area contributed by atoms with Crippen molar-refractivity contribution in [1.82, 2.24) is 5.32 Å². The Morgan fingerprint density at radius 2 is 2.11 bits per heavy atom. The first-order valence-electron chi connectivity index (χ1n) is 5.76. The summed E-state index contributed by atoms with van der Waals surface area (Å²) in [6.07, 6.45) is 0. The second-order valence-electron chi connectivity index (χ2n) is 3.70. The minimum atomic E-state index is -1.05. The van der Waals surface area contributed by atoms with Crippen LogP contribution in [0.25, 0.3) is 0 Å². The number of urea groups is 1. The van der Waals surface area contributed by atoms with Gasteiger partial charge in [-0.05, 0) is 18.2 Å². The van der Waals surface area contributed by atoms with Gasteiger partial charge >= 0.3 is 12.0 Å². The van der Waals surface area contributed by atoms with E-state index < -0.39 is 22.8 Å². The predicted molar refractivity (Wildman–Crippen MR) is 74.0 cm³/mol. The summed E-state index contributed by atoms with van der Waals surface area (Å²) in [4.78, 5) is 22.3. The third-order valence-electron chi connectivity index (χ3n) is 2.30. The Bertz CT molecular complexity index is 490. The lowest BCUT2D eigenvalue weighted by atomic mass is 10.2. The molecule has 0 radical (unpaired) electrons. The van der Waals surface area contributed by atoms with Crippen molar-refractivity contribution in [3.63, 3.8) is 0 Å². The highest BCUT2D eigenvalue weighted by atomic mass is 32.2. The van der Waals surface area contributed by atoms with Crippen LogP contribution in [0.4, 0.5) is 10.5 Å². The van der Waals surface area contributed by atoms with Gasteiger partial charge in [-0.2, -0.15) is 0 Å². The molecule has 0 aliphatic carbocycles. The number of amides is 2. The first kappa shape index (κ1) is 15.2. The van der Waals surface area contributed by atoms with E-state index in [0.29, 0.717) is 23.7 Å². The van der Waals surface area contributed by atoms with Gasteiger partial charge in [0.1, 0.15) is 0 Å². The maximum absolute atomic E-state index is 11.5. The highest BCUT2D eigenvalue weighted by Crippen LogP contribution is 2.10. The smallest absolute Gasteiger partial charge is 0.335 e. The molecule has 7 heteroatoms. The van der Waals surface area contributed by atoms with Gasteiger partial charge in [0.15, 0.2) is 0 Å². The molecule has 1 atom stereocenters. The molecule has 2 amide bonds. The Labute approximate surface area is 113 Å². The zero-order valence-corrected chi connectivity index (χ0v) is 11.3. The number of nitrogens with one attached hydrogen (secondary N) is 2. The highest BCUT2D eigenvalue weighted by Gasteiger charge is 2.06. The molecule has 19 heavy (non-hydrogen) atoms. The van der Waals surface area contributed by atoms with Gasteiger partial charge in [0.25, 0.3) is 0 Å². The second-order valence-corrected chi connectivity index (χ2v) is 5.56. The third kappa shape index (κ3) is 5.52. The number of carbonyl (C=O) groups is 2. The van der Waals surface area contributed by atoms with Gasteiger partial charge in [-0.1, -0.05) is 13.0 Å². The molecule has 6 nitrogen and oxygen atoms in total. The van der Waals surface area contributed by atoms with Crippen LogP contribution in [0.1, 0.15) is 17.3 Å². The molecule has 0 fully saturated rings. The molecule has 0 aliphatic rings. The van der Waals surface area contributed by atoms with Crippen molar-refractivity contribution >= 4 is 28.5 Å². The number of benzene rings is 1. The summed E-state index contributed by atoms with van der Waals surface area (Å²) >= 11 is 0. The fraction of sp³-hybridized carbons (Fsp3) is 0.333. The molecule has 104 valence electrons. The molecular weight excluding hydrogens is 268 g/mol. The number of carboxylic acid groups (broad SMARTS) is 1. The molecule has 1 aromatic carbocycles. The van der Waals surface area contributed by atoms with Crippen molar-refractivity contribution in [3.8, 4) is 0 Å². The van der Waals surface area contributed by atoms with Gasteiger partial charge in [-0.3, -0.25) is 4.21 Å². The van der Waals surface area contributed by atoms with Crippen molar-refractivity contribution < 1.29 is 18.9 Å². The van der Waals surface area contributed by atoms with Crippen molar-refractivity contribution in [2.75, 3.05) is 23.4 Å². The van der Waals surface area contributed by atoms with Crippen LogP contribution in [-0.2, 0) is 10.8 Å². The van der Waals surface area contributed by atoms with E-state index in [4.69, 9.17) is 5.11 Å². The fourth-order valence-electron chi connectivity index (χ4n) is 1.33. The van der Waals surface area contributed by atoms with Crippen LogP contribution >= 0.6 is 0 Å². The van der Waals surface area contributed by atoms with Crippen molar-refractivity contribution in [1.29, 1.82) is 0 Å². The molecule has 1 rings (SSSR count). The molecular formula is C12H16N2O4S. The SMILES string of the molecule is CCS(=O)CCNC(=O)Nc1cccc(C(=O)O)c1. The van der Waals surface area contributed by atoms with Gasteiger partial charge in [-0.15, -0.1) is 0 Å². The summed E-state index contributed by atoms with van der Waals surface area (Å²) in [5, 5.41) is 13.9. The first-order valence-corrected chi connectivity index (χ1v) is 7.25. The van der Waals surface area contributed by atoms with Crippen molar-refractivity contribution in [2.24, 2.45) is 0 Å². The zero-order chi connectivity index (χ0) is 14.3. The summed E-state index contributed by atoms with van der Waals surface area (Å²) in [6.45, 7) is 2.12. The lowest BCUT2D eigenvalue weighted by molar-refractivity contribution is 0.0697. The maximum atomic E-state index is 11.5. The van der Waals surface area contributed by atoms with Gasteiger partial charge in [0.2, 0.25) is 0 Å². The Morgan fingerprint density at radius 3 is 2.74 bits per heavy atom. The quantitative estimate of drug-likeness (QED) is 0.733. The van der Waals surface area contributed by atoms with E-state index in [2.05, 4.69) is 10.6 Å². The zero-order valence-electron chi connectivity index (χ0n) is 10.5. The van der Waals surface area contributed by atoms with Crippen LogP contribution in [0, 0.1) is 0 Å². The number of aromatic carboxylic acids is 1. The van der Waals surface area contributed by atoms with Crippen LogP contribution in [0.15, 0.2) is 24.3 Å². The van der Waals surface area contributed by atoms with E-state index >= 15 is 0 Å². The molecule has 0 saturated heterocycles. The molecule has 3 N–H and O–H groups in total. The Hall–Kier alpha value is -1.89. The molecule has 0 spiro atoms. The van der Waals surface area contributed by atoms with Crippen LogP contribution in [-0.4, -0.2) is 39.4 Å². The fourth-order valence-corrected chi connectivity index (χ4v) is 1.95. The number of hydrogen-bond acceptors (Lipinski definition) is 3. The summed E-state index contributed by atoms with van der Waals surface area (Å²) < 4.78 is 11.1. The van der Waals surface area contributed by atoms with Crippen molar-refractivity contribution in [3.05, 3.63) is 29.8 Å². The van der Waals surface area contributed by atoms with Crippen LogP contribution in [0.2, 0.25) is 0 Å². The van der Waals surface area contributed by atoms with Gasteiger partial charge in [0, 0.05) is 34.5 Å². The molecule has 1 aromatic rings. The molecule has 1 unspecified atom stereocenters. The molecule has 0 saturated carbocycles. The molecule has 0 bridgehead atoms. The third-order valence-corrected chi connectivity index (χ3v) is 3.61. The molecule has 0 aliphatic heterocycles. The summed E-state index contributed by atoms with van der Waals surface area (Å²) in [7, 11) is -0.920. The van der Waals surface area contributed by atoms with Gasteiger partial charge in [-0.25, -0.2) is 9.59 Å².